The van der Waals surface area contributed by atoms with E-state index >= 15 is 0 Å². The quantitative estimate of drug-likeness (QED) is 0.864. The number of nitrogens with one attached hydrogen (secondary N) is 1. The Morgan fingerprint density at radius 1 is 1.50 bits per heavy atom. The van der Waals surface area contributed by atoms with Crippen molar-refractivity contribution < 1.29 is 14.7 Å². The second-order valence-corrected chi connectivity index (χ2v) is 5.41. The topological polar surface area (TPSA) is 79.3 Å². The van der Waals surface area contributed by atoms with Crippen molar-refractivity contribution in [2.24, 2.45) is 0 Å². The molecule has 1 aromatic heterocycles. The van der Waals surface area contributed by atoms with Crippen molar-refractivity contribution in [1.82, 2.24) is 4.98 Å². The van der Waals surface area contributed by atoms with Crippen LogP contribution >= 0.6 is 11.8 Å². The van der Waals surface area contributed by atoms with Gasteiger partial charge >= 0.3 is 5.97 Å². The van der Waals surface area contributed by atoms with Crippen molar-refractivity contribution in [3.63, 3.8) is 0 Å². The number of hydrogen-bond acceptors (Lipinski definition) is 4. The first-order valence-electron chi connectivity index (χ1n) is 5.74. The number of carboxylic acid groups (broad SMARTS) is 1. The van der Waals surface area contributed by atoms with E-state index in [1.54, 1.807) is 23.9 Å². The van der Waals surface area contributed by atoms with Gasteiger partial charge in [0.1, 0.15) is 0 Å². The van der Waals surface area contributed by atoms with E-state index in [2.05, 4.69) is 10.3 Å². The van der Waals surface area contributed by atoms with Gasteiger partial charge in [-0.15, -0.1) is 11.8 Å². The normalized spacial score (nSPS) is 18.6. The maximum absolute atomic E-state index is 11.8. The number of carboxylic acids is 1. The van der Waals surface area contributed by atoms with Crippen molar-refractivity contribution in [2.45, 2.75) is 24.5 Å². The van der Waals surface area contributed by atoms with Gasteiger partial charge in [0, 0.05) is 0 Å². The fourth-order valence-corrected chi connectivity index (χ4v) is 2.93. The molecular weight excluding hydrogens is 252 g/mol. The molecule has 1 fully saturated rings. The summed E-state index contributed by atoms with van der Waals surface area (Å²) in [5.41, 5.74) is 1.09. The molecule has 0 radical (unpaired) electrons. The number of rotatable bonds is 4. The minimum Gasteiger partial charge on any atom is -0.481 e. The molecule has 0 spiro atoms. The zero-order chi connectivity index (χ0) is 13.0. The van der Waals surface area contributed by atoms with Gasteiger partial charge in [-0.1, -0.05) is 0 Å². The van der Waals surface area contributed by atoms with E-state index in [0.717, 1.165) is 18.6 Å². The van der Waals surface area contributed by atoms with Gasteiger partial charge in [0.25, 0.3) is 0 Å². The Hall–Kier alpha value is -1.56. The number of carbonyl (C=O) groups is 2. The Morgan fingerprint density at radius 3 is 2.89 bits per heavy atom. The number of pyridine rings is 1. The zero-order valence-electron chi connectivity index (χ0n) is 9.76. The number of aliphatic carboxylic acids is 1. The van der Waals surface area contributed by atoms with Crippen LogP contribution in [0.4, 0.5) is 5.69 Å². The van der Waals surface area contributed by atoms with Crippen LogP contribution in [-0.4, -0.2) is 33.0 Å². The third-order valence-corrected chi connectivity index (χ3v) is 4.02. The summed E-state index contributed by atoms with van der Waals surface area (Å²) in [6.45, 7) is 0. The molecule has 2 rings (SSSR count). The van der Waals surface area contributed by atoms with Gasteiger partial charge < -0.3 is 10.4 Å². The molecule has 0 bridgehead atoms. The number of hydrogen-bond donors (Lipinski definition) is 2. The lowest BCUT2D eigenvalue weighted by molar-refractivity contribution is -0.136. The number of aromatic nitrogens is 1. The average molecular weight is 266 g/mol. The largest absolute Gasteiger partial charge is 0.481 e. The minimum absolute atomic E-state index is 0.00489. The van der Waals surface area contributed by atoms with Crippen LogP contribution in [0.15, 0.2) is 18.3 Å². The molecule has 2 N–H and O–H groups in total. The number of amides is 1. The van der Waals surface area contributed by atoms with Crippen LogP contribution in [0.3, 0.4) is 0 Å². The van der Waals surface area contributed by atoms with Crippen LogP contribution in [0.2, 0.25) is 0 Å². The average Bonchev–Trinajstić information content (AvgIpc) is 2.84. The number of carbonyl (C=O) groups excluding carboxylic acids is 1. The van der Waals surface area contributed by atoms with Crippen LogP contribution in [0.25, 0.3) is 0 Å². The predicted molar refractivity (Wildman–Crippen MR) is 69.7 cm³/mol. The molecule has 1 unspecified atom stereocenters. The van der Waals surface area contributed by atoms with Crippen molar-refractivity contribution in [1.29, 1.82) is 0 Å². The number of thioether (sulfide) groups is 1. The molecule has 1 aliphatic rings. The van der Waals surface area contributed by atoms with Crippen molar-refractivity contribution in [3.05, 3.63) is 24.0 Å². The van der Waals surface area contributed by atoms with E-state index in [4.69, 9.17) is 5.11 Å². The summed E-state index contributed by atoms with van der Waals surface area (Å²) in [7, 11) is 0. The van der Waals surface area contributed by atoms with Crippen LogP contribution in [-0.2, 0) is 16.0 Å². The van der Waals surface area contributed by atoms with E-state index in [0.29, 0.717) is 11.4 Å². The fraction of sp³-hybridized carbons (Fsp3) is 0.417. The van der Waals surface area contributed by atoms with Crippen LogP contribution in [0.5, 0.6) is 0 Å². The number of nitrogens with zero attached hydrogens (tertiary/aromatic N) is 1. The molecule has 1 saturated heterocycles. The summed E-state index contributed by atoms with van der Waals surface area (Å²) in [5.74, 6) is 0.125. The van der Waals surface area contributed by atoms with Gasteiger partial charge in [-0.3, -0.25) is 14.6 Å². The van der Waals surface area contributed by atoms with E-state index in [-0.39, 0.29) is 17.6 Å². The lowest BCUT2D eigenvalue weighted by atomic mass is 10.2. The van der Waals surface area contributed by atoms with Crippen LogP contribution < -0.4 is 5.32 Å². The van der Waals surface area contributed by atoms with Crippen LogP contribution in [0, 0.1) is 0 Å². The predicted octanol–water partition coefficient (Wildman–Crippen LogP) is 1.54. The highest BCUT2D eigenvalue weighted by molar-refractivity contribution is 8.00. The van der Waals surface area contributed by atoms with Crippen LogP contribution in [0.1, 0.15) is 18.5 Å². The molecule has 0 saturated carbocycles. The molecule has 5 nitrogen and oxygen atoms in total. The van der Waals surface area contributed by atoms with Gasteiger partial charge in [-0.2, -0.15) is 0 Å². The van der Waals surface area contributed by atoms with Crippen molar-refractivity contribution in [3.8, 4) is 0 Å². The monoisotopic (exact) mass is 266 g/mol. The molecule has 2 heterocycles. The third-order valence-electron chi connectivity index (χ3n) is 2.65. The second kappa shape index (κ2) is 5.86. The second-order valence-electron chi connectivity index (χ2n) is 4.10. The van der Waals surface area contributed by atoms with Crippen molar-refractivity contribution in [2.75, 3.05) is 11.1 Å². The highest BCUT2D eigenvalue weighted by Gasteiger charge is 2.23. The molecule has 1 aliphatic heterocycles. The van der Waals surface area contributed by atoms with Gasteiger partial charge in [0.05, 0.1) is 29.2 Å². The smallest absolute Gasteiger partial charge is 0.309 e. The summed E-state index contributed by atoms with van der Waals surface area (Å²) < 4.78 is 0. The standard InChI is InChI=1S/C12H14N2O3S/c15-11(16)6-8-3-4-9(7-13-8)14-12(17)10-2-1-5-18-10/h3-4,7,10H,1-2,5-6H2,(H,14,17)(H,15,16). The molecule has 0 aliphatic carbocycles. The Kier molecular flexibility index (Phi) is 4.19. The molecule has 1 aromatic rings. The molecule has 1 atom stereocenters. The first-order chi connectivity index (χ1) is 8.65. The molecule has 18 heavy (non-hydrogen) atoms. The minimum atomic E-state index is -0.915. The van der Waals surface area contributed by atoms with E-state index in [1.165, 1.54) is 6.20 Å². The van der Waals surface area contributed by atoms with E-state index in [1.807, 2.05) is 0 Å². The summed E-state index contributed by atoms with van der Waals surface area (Å²) >= 11 is 1.67. The highest BCUT2D eigenvalue weighted by atomic mass is 32.2. The Balaban J connectivity index is 1.93. The number of anilines is 1. The summed E-state index contributed by atoms with van der Waals surface area (Å²) in [6.07, 6.45) is 3.39. The van der Waals surface area contributed by atoms with Gasteiger partial charge in [-0.25, -0.2) is 0 Å². The third kappa shape index (κ3) is 3.46. The molecule has 0 aromatic carbocycles. The summed E-state index contributed by atoms with van der Waals surface area (Å²) in [6, 6.07) is 3.30. The SMILES string of the molecule is O=C(O)Cc1ccc(NC(=O)C2CCCS2)cn1. The summed E-state index contributed by atoms with van der Waals surface area (Å²) in [5, 5.41) is 11.4. The maximum atomic E-state index is 11.8. The Bertz CT molecular complexity index is 441. The lowest BCUT2D eigenvalue weighted by Gasteiger charge is -2.09. The molecular formula is C12H14N2O3S. The van der Waals surface area contributed by atoms with Gasteiger partial charge in [0.15, 0.2) is 0 Å². The first kappa shape index (κ1) is 12.9. The van der Waals surface area contributed by atoms with Gasteiger partial charge in [-0.05, 0) is 30.7 Å². The molecule has 6 heteroatoms. The Morgan fingerprint density at radius 2 is 2.33 bits per heavy atom. The van der Waals surface area contributed by atoms with Gasteiger partial charge in [0.2, 0.25) is 5.91 Å². The summed E-state index contributed by atoms with van der Waals surface area (Å²) in [4.78, 5) is 26.3. The highest BCUT2D eigenvalue weighted by Crippen LogP contribution is 2.27. The molecule has 96 valence electrons. The van der Waals surface area contributed by atoms with Crippen molar-refractivity contribution >= 4 is 29.3 Å². The first-order valence-corrected chi connectivity index (χ1v) is 6.79. The van der Waals surface area contributed by atoms with E-state index < -0.39 is 5.97 Å². The zero-order valence-corrected chi connectivity index (χ0v) is 10.6. The Labute approximate surface area is 109 Å². The lowest BCUT2D eigenvalue weighted by Crippen LogP contribution is -2.22. The fourth-order valence-electron chi connectivity index (χ4n) is 1.77. The van der Waals surface area contributed by atoms with E-state index in [9.17, 15) is 9.59 Å². The maximum Gasteiger partial charge on any atom is 0.309 e. The molecule has 1 amide bonds.